The lowest BCUT2D eigenvalue weighted by atomic mass is 9.84. The summed E-state index contributed by atoms with van der Waals surface area (Å²) in [5.74, 6) is -2.34. The molecule has 3 heterocycles. The van der Waals surface area contributed by atoms with Crippen molar-refractivity contribution in [1.29, 1.82) is 0 Å². The first-order chi connectivity index (χ1) is 20.6. The monoisotopic (exact) mass is 556 g/mol. The van der Waals surface area contributed by atoms with Crippen LogP contribution in [-0.4, -0.2) is 35.8 Å². The molecular formula is C35H28N2O5. The third-order valence-corrected chi connectivity index (χ3v) is 8.47. The number of nitrogens with zero attached hydrogens (tertiary/aromatic N) is 2. The third-order valence-electron chi connectivity index (χ3n) is 8.47. The molecule has 0 aliphatic carbocycles. The Kier molecular flexibility index (Phi) is 6.35. The van der Waals surface area contributed by atoms with Crippen molar-refractivity contribution in [3.8, 4) is 5.75 Å². The summed E-state index contributed by atoms with van der Waals surface area (Å²) < 4.78 is 11.6. The van der Waals surface area contributed by atoms with Crippen molar-refractivity contribution < 1.29 is 23.9 Å². The Morgan fingerprint density at radius 3 is 1.98 bits per heavy atom. The minimum atomic E-state index is -0.987. The highest BCUT2D eigenvalue weighted by molar-refractivity contribution is 6.24. The van der Waals surface area contributed by atoms with Crippen molar-refractivity contribution >= 4 is 29.5 Å². The molecule has 2 saturated heterocycles. The number of hydrogen-bond donors (Lipinski definition) is 0. The highest BCUT2D eigenvalue weighted by Crippen LogP contribution is 2.53. The topological polar surface area (TPSA) is 76.2 Å². The number of fused-ring (bicyclic) bond motifs is 5. The van der Waals surface area contributed by atoms with E-state index in [4.69, 9.17) is 9.47 Å². The van der Waals surface area contributed by atoms with Crippen molar-refractivity contribution in [2.24, 2.45) is 11.8 Å². The van der Waals surface area contributed by atoms with Crippen LogP contribution in [0, 0.1) is 11.8 Å². The molecule has 0 bridgehead atoms. The zero-order chi connectivity index (χ0) is 28.8. The highest BCUT2D eigenvalue weighted by atomic mass is 16.5. The van der Waals surface area contributed by atoms with E-state index in [1.165, 1.54) is 4.90 Å². The maximum absolute atomic E-state index is 14.3. The highest BCUT2D eigenvalue weighted by Gasteiger charge is 2.65. The van der Waals surface area contributed by atoms with E-state index in [0.29, 0.717) is 11.4 Å². The maximum atomic E-state index is 14.3. The van der Waals surface area contributed by atoms with Gasteiger partial charge in [0.15, 0.2) is 6.10 Å². The summed E-state index contributed by atoms with van der Waals surface area (Å²) in [7, 11) is 1.56. The lowest BCUT2D eigenvalue weighted by molar-refractivity contribution is -0.155. The molecule has 3 aliphatic heterocycles. The van der Waals surface area contributed by atoms with Crippen molar-refractivity contribution in [3.63, 3.8) is 0 Å². The summed E-state index contributed by atoms with van der Waals surface area (Å²) in [6, 6.07) is 32.2. The van der Waals surface area contributed by atoms with Crippen LogP contribution in [0.2, 0.25) is 0 Å². The predicted octanol–water partition coefficient (Wildman–Crippen LogP) is 5.54. The summed E-state index contributed by atoms with van der Waals surface area (Å²) in [5, 5.41) is 0. The van der Waals surface area contributed by atoms with Crippen LogP contribution in [0.3, 0.4) is 0 Å². The fourth-order valence-corrected chi connectivity index (χ4v) is 6.58. The molecule has 2 fully saturated rings. The van der Waals surface area contributed by atoms with Gasteiger partial charge in [-0.2, -0.15) is 0 Å². The Morgan fingerprint density at radius 1 is 0.738 bits per heavy atom. The molecule has 1 unspecified atom stereocenters. The van der Waals surface area contributed by atoms with Gasteiger partial charge in [-0.1, -0.05) is 84.9 Å². The lowest BCUT2D eigenvalue weighted by Gasteiger charge is -2.35. The average molecular weight is 557 g/mol. The molecule has 4 atom stereocenters. The maximum Gasteiger partial charge on any atom is 0.330 e. The van der Waals surface area contributed by atoms with Gasteiger partial charge in [-0.25, -0.2) is 9.69 Å². The molecule has 0 N–H and O–H groups in total. The third kappa shape index (κ3) is 4.08. The zero-order valence-corrected chi connectivity index (χ0v) is 22.9. The molecule has 0 aromatic heterocycles. The number of rotatable bonds is 6. The zero-order valence-electron chi connectivity index (χ0n) is 22.9. The van der Waals surface area contributed by atoms with Gasteiger partial charge in [0.1, 0.15) is 11.8 Å². The largest absolute Gasteiger partial charge is 0.497 e. The number of carbonyl (C=O) groups excluding carboxylic acids is 3. The smallest absolute Gasteiger partial charge is 0.330 e. The molecule has 3 aliphatic rings. The van der Waals surface area contributed by atoms with Gasteiger partial charge in [0.2, 0.25) is 11.8 Å². The van der Waals surface area contributed by atoms with Gasteiger partial charge in [-0.05, 0) is 52.6 Å². The molecule has 2 amide bonds. The van der Waals surface area contributed by atoms with Gasteiger partial charge >= 0.3 is 5.97 Å². The van der Waals surface area contributed by atoms with Gasteiger partial charge in [0, 0.05) is 6.20 Å². The van der Waals surface area contributed by atoms with Crippen molar-refractivity contribution in [3.05, 3.63) is 138 Å². The number of imide groups is 1. The molecule has 208 valence electrons. The van der Waals surface area contributed by atoms with E-state index in [1.807, 2.05) is 102 Å². The molecule has 42 heavy (non-hydrogen) atoms. The van der Waals surface area contributed by atoms with Crippen LogP contribution in [-0.2, 0) is 19.1 Å². The number of carbonyl (C=O) groups is 3. The van der Waals surface area contributed by atoms with E-state index in [0.717, 1.165) is 22.3 Å². The van der Waals surface area contributed by atoms with Crippen LogP contribution in [0.4, 0.5) is 5.69 Å². The van der Waals surface area contributed by atoms with Crippen molar-refractivity contribution in [1.82, 2.24) is 4.90 Å². The van der Waals surface area contributed by atoms with E-state index in [2.05, 4.69) is 0 Å². The van der Waals surface area contributed by atoms with Crippen LogP contribution in [0.15, 0.2) is 115 Å². The number of esters is 1. The summed E-state index contributed by atoms with van der Waals surface area (Å²) >= 11 is 0. The first kappa shape index (κ1) is 25.8. The Hall–Kier alpha value is -5.17. The molecule has 4 aromatic carbocycles. The lowest BCUT2D eigenvalue weighted by Crippen LogP contribution is -2.45. The van der Waals surface area contributed by atoms with E-state index >= 15 is 0 Å². The van der Waals surface area contributed by atoms with Gasteiger partial charge < -0.3 is 14.4 Å². The Bertz CT molecular complexity index is 1650. The number of ether oxygens (including phenoxy) is 2. The van der Waals surface area contributed by atoms with Gasteiger partial charge in [0.25, 0.3) is 0 Å². The van der Waals surface area contributed by atoms with E-state index in [-0.39, 0.29) is 5.91 Å². The minimum Gasteiger partial charge on any atom is -0.497 e. The molecule has 4 aromatic rings. The fraction of sp³-hybridized carbons (Fsp3) is 0.171. The van der Waals surface area contributed by atoms with Gasteiger partial charge in [-0.15, -0.1) is 0 Å². The fourth-order valence-electron chi connectivity index (χ4n) is 6.58. The quantitative estimate of drug-likeness (QED) is 0.229. The number of hydrogen-bond acceptors (Lipinski definition) is 6. The predicted molar refractivity (Wildman–Crippen MR) is 157 cm³/mol. The molecule has 0 radical (unpaired) electrons. The number of benzene rings is 4. The van der Waals surface area contributed by atoms with Crippen molar-refractivity contribution in [2.75, 3.05) is 12.0 Å². The van der Waals surface area contributed by atoms with Gasteiger partial charge in [0.05, 0.1) is 30.7 Å². The normalized spacial score (nSPS) is 22.1. The second-order valence-electron chi connectivity index (χ2n) is 10.7. The first-order valence-corrected chi connectivity index (χ1v) is 13.9. The van der Waals surface area contributed by atoms with Crippen LogP contribution in [0.1, 0.15) is 34.4 Å². The minimum absolute atomic E-state index is 0.326. The molecule has 7 nitrogen and oxygen atoms in total. The van der Waals surface area contributed by atoms with Crippen LogP contribution in [0.25, 0.3) is 6.08 Å². The number of anilines is 1. The first-order valence-electron chi connectivity index (χ1n) is 13.9. The standard InChI is InChI=1S/C35H28N2O5/c1-41-26-18-16-25(17-19-26)37-33(38)28-29(34(37)39)31(36-21-20-22-10-8-9-15-27(22)30(28)36)35(40)42-32(23-11-4-2-5-12-23)24-13-6-3-7-14-24/h2-21,28-32H,1H3/t28-,29+,30?,31-/m0/s1. The van der Waals surface area contributed by atoms with Crippen LogP contribution >= 0.6 is 0 Å². The number of methoxy groups -OCH3 is 1. The molecule has 7 rings (SSSR count). The summed E-state index contributed by atoms with van der Waals surface area (Å²) in [6.07, 6.45) is 3.08. The van der Waals surface area contributed by atoms with Gasteiger partial charge in [-0.3, -0.25) is 9.59 Å². The Morgan fingerprint density at radius 2 is 1.33 bits per heavy atom. The SMILES string of the molecule is COc1ccc(N2C(=O)[C@@H]3[C@H](C2=O)C2c4ccccc4C=CN2[C@@H]3C(=O)OC(c2ccccc2)c2ccccc2)cc1. The summed E-state index contributed by atoms with van der Waals surface area (Å²) in [4.78, 5) is 45.7. The number of amides is 2. The van der Waals surface area contributed by atoms with Crippen LogP contribution < -0.4 is 9.64 Å². The summed E-state index contributed by atoms with van der Waals surface area (Å²) in [6.45, 7) is 0. The second kappa shape index (κ2) is 10.3. The molecule has 0 saturated carbocycles. The van der Waals surface area contributed by atoms with Crippen LogP contribution in [0.5, 0.6) is 5.75 Å². The Labute approximate surface area is 243 Å². The van der Waals surface area contributed by atoms with Crippen molar-refractivity contribution in [2.45, 2.75) is 18.2 Å². The second-order valence-corrected chi connectivity index (χ2v) is 10.7. The molecule has 7 heteroatoms. The molecular weight excluding hydrogens is 528 g/mol. The average Bonchev–Trinajstić information content (AvgIpc) is 3.52. The molecule has 0 spiro atoms. The Balaban J connectivity index is 1.30. The van der Waals surface area contributed by atoms with E-state index in [9.17, 15) is 14.4 Å². The van der Waals surface area contributed by atoms with E-state index < -0.39 is 41.9 Å². The van der Waals surface area contributed by atoms with E-state index in [1.54, 1.807) is 31.4 Å². The summed E-state index contributed by atoms with van der Waals surface area (Å²) in [5.41, 5.74) is 3.95.